The van der Waals surface area contributed by atoms with Gasteiger partial charge in [-0.25, -0.2) is 9.97 Å². The molecule has 3 aliphatic heterocycles. The highest BCUT2D eigenvalue weighted by molar-refractivity contribution is 7.54. The lowest BCUT2D eigenvalue weighted by Gasteiger charge is -2.47. The first-order chi connectivity index (χ1) is 36.7. The quantitative estimate of drug-likeness (QED) is 0.0193. The van der Waals surface area contributed by atoms with E-state index in [1.54, 1.807) is 52.2 Å². The fourth-order valence-corrected chi connectivity index (χ4v) is 16.9. The van der Waals surface area contributed by atoms with Crippen LogP contribution in [0, 0.1) is 18.8 Å². The number of esters is 1. The Morgan fingerprint density at radius 1 is 0.821 bits per heavy atom. The number of alkyl halides is 6. The van der Waals surface area contributed by atoms with Gasteiger partial charge in [-0.05, 0) is 65.7 Å². The number of hydrogen-bond acceptors (Lipinski definition) is 14. The maximum atomic E-state index is 13.4. The third kappa shape index (κ3) is 16.1. The van der Waals surface area contributed by atoms with E-state index >= 15 is 0 Å². The van der Waals surface area contributed by atoms with Gasteiger partial charge >= 0.3 is 25.9 Å². The minimum absolute atomic E-state index is 0.183. The highest BCUT2D eigenvalue weighted by atomic mass is 31.2. The minimum Gasteiger partial charge on any atom is -0.461 e. The van der Waals surface area contributed by atoms with Crippen LogP contribution in [0.2, 0.25) is 5.04 Å². The number of halogens is 6. The Balaban J connectivity index is 1.13. The van der Waals surface area contributed by atoms with Gasteiger partial charge in [-0.3, -0.25) is 18.4 Å². The summed E-state index contributed by atoms with van der Waals surface area (Å²) in [4.78, 5) is 34.2. The van der Waals surface area contributed by atoms with Crippen LogP contribution in [0.15, 0.2) is 106 Å². The lowest BCUT2D eigenvalue weighted by atomic mass is 9.79. The molecule has 5 heterocycles. The molecule has 2 aromatic heterocycles. The molecule has 78 heavy (non-hydrogen) atoms. The van der Waals surface area contributed by atoms with Crippen LogP contribution in [0.25, 0.3) is 12.2 Å². The van der Waals surface area contributed by atoms with Crippen molar-refractivity contribution < 1.29 is 81.8 Å². The van der Waals surface area contributed by atoms with Gasteiger partial charge < -0.3 is 37.0 Å². The van der Waals surface area contributed by atoms with Crippen molar-refractivity contribution in [3.63, 3.8) is 0 Å². The van der Waals surface area contributed by atoms with E-state index < -0.39 is 89.9 Å². The summed E-state index contributed by atoms with van der Waals surface area (Å²) in [6.45, 7) is 13.3. The fourth-order valence-electron chi connectivity index (χ4n) is 10.8. The van der Waals surface area contributed by atoms with E-state index in [4.69, 9.17) is 37.2 Å². The number of rotatable bonds is 21. The Bertz CT molecular complexity index is 2680. The van der Waals surface area contributed by atoms with Crippen LogP contribution in [0.3, 0.4) is 0 Å². The second-order valence-corrected chi connectivity index (χ2v) is 27.8. The number of nitrogens with zero attached hydrogens (tertiary/aromatic N) is 2. The number of ether oxygens (including phenoxy) is 4. The molecule has 0 N–H and O–H groups in total. The molecule has 3 aliphatic rings. The third-order valence-electron chi connectivity index (χ3n) is 14.2. The summed E-state index contributed by atoms with van der Waals surface area (Å²) >= 11 is 0. The van der Waals surface area contributed by atoms with Crippen LogP contribution < -0.4 is 10.4 Å². The molecule has 22 heteroatoms. The molecule has 0 bridgehead atoms. The van der Waals surface area contributed by atoms with Crippen molar-refractivity contribution in [2.75, 3.05) is 19.4 Å². The van der Waals surface area contributed by atoms with E-state index in [0.717, 1.165) is 22.2 Å². The van der Waals surface area contributed by atoms with Crippen molar-refractivity contribution >= 4 is 50.7 Å². The summed E-state index contributed by atoms with van der Waals surface area (Å²) in [5.74, 6) is -2.05. The van der Waals surface area contributed by atoms with Crippen molar-refractivity contribution in [2.45, 2.75) is 160 Å². The first-order valence-corrected chi connectivity index (χ1v) is 29.7. The summed E-state index contributed by atoms with van der Waals surface area (Å²) in [7, 11) is -8.37. The van der Waals surface area contributed by atoms with Crippen LogP contribution in [-0.4, -0.2) is 105 Å². The van der Waals surface area contributed by atoms with E-state index in [1.807, 2.05) is 36.4 Å². The molecular formula is C56H69F6N2O12PSi. The summed E-state index contributed by atoms with van der Waals surface area (Å²) in [6, 6.07) is 20.8. The summed E-state index contributed by atoms with van der Waals surface area (Å²) in [6.07, 6.45) is -3.73. The van der Waals surface area contributed by atoms with Crippen LogP contribution in [0.4, 0.5) is 26.3 Å². The lowest BCUT2D eigenvalue weighted by Crippen LogP contribution is -2.68. The van der Waals surface area contributed by atoms with Gasteiger partial charge in [0.15, 0.2) is 19.1 Å². The average Bonchev–Trinajstić information content (AvgIpc) is 4.08. The monoisotopic (exact) mass is 1130 g/mol. The van der Waals surface area contributed by atoms with E-state index in [2.05, 4.69) is 65.6 Å². The molecule has 0 saturated carbocycles. The maximum absolute atomic E-state index is 13.4. The van der Waals surface area contributed by atoms with Gasteiger partial charge in [0, 0.05) is 38.0 Å². The van der Waals surface area contributed by atoms with Crippen molar-refractivity contribution in [3.05, 3.63) is 120 Å². The zero-order valence-electron chi connectivity index (χ0n) is 44.8. The summed E-state index contributed by atoms with van der Waals surface area (Å²) < 4.78 is 145. The van der Waals surface area contributed by atoms with Crippen molar-refractivity contribution in [1.29, 1.82) is 0 Å². The highest BCUT2D eigenvalue weighted by Crippen LogP contribution is 2.51. The number of hydrogen-bond donors (Lipinski definition) is 0. The molecule has 2 aromatic carbocycles. The molecule has 3 saturated heterocycles. The normalized spacial score (nSPS) is 26.1. The molecule has 4 aromatic rings. The molecule has 7 rings (SSSR count). The maximum Gasteiger partial charge on any atom is 0.412 e. The molecule has 0 radical (unpaired) electrons. The first-order valence-electron chi connectivity index (χ1n) is 26.0. The van der Waals surface area contributed by atoms with Crippen molar-refractivity contribution in [3.8, 4) is 0 Å². The van der Waals surface area contributed by atoms with Crippen LogP contribution in [-0.2, 0) is 46.6 Å². The number of aldehydes is 1. The molecule has 0 spiro atoms. The molecule has 10 atom stereocenters. The number of oxazole rings is 2. The summed E-state index contributed by atoms with van der Waals surface area (Å²) in [5, 5.41) is 1.95. The zero-order chi connectivity index (χ0) is 56.6. The number of aryl methyl sites for hydroxylation is 1. The molecule has 3 fully saturated rings. The van der Waals surface area contributed by atoms with Gasteiger partial charge in [0.2, 0.25) is 5.89 Å². The summed E-state index contributed by atoms with van der Waals surface area (Å²) in [5.41, 5.74) is 2.65. The van der Waals surface area contributed by atoms with E-state index in [0.29, 0.717) is 55.0 Å². The van der Waals surface area contributed by atoms with Gasteiger partial charge in [-0.2, -0.15) is 26.3 Å². The Hall–Kier alpha value is -4.99. The van der Waals surface area contributed by atoms with E-state index in [9.17, 15) is 40.5 Å². The van der Waals surface area contributed by atoms with E-state index in [1.165, 1.54) is 6.26 Å². The zero-order valence-corrected chi connectivity index (χ0v) is 46.7. The number of carbonyl (C=O) groups excluding carboxylic acids is 2. The third-order valence-corrected chi connectivity index (χ3v) is 21.0. The standard InChI is InChI=1S/C56H69F6N2O12PSi/c1-35-24-41(22-23-65)72-42(25-35)27-43-28-44(76-78(54(6,7)8,45-16-11-9-12-17-45)46-18-13-10-14-19-46)29-49(73-43)47-31-69-50(64-47)21-15-20-48-37(3)53(38(4)52(74-48)36(2)26-40-30-68-39(5)63-40)75-51(66)32-77(67,70-33-55(57,58)59)71-34-56(60,61)62/h9-19,21,23,26,30-31,37-38,41-44,48-49,52-53H,1,20,22,24-25,27-29,32-34H2,2-8H3/b21-15+,36-26+/t37-,38-,41-,42+,43+,44+,48+,49+,52-,53-/m0/s1. The van der Waals surface area contributed by atoms with Crippen molar-refractivity contribution in [1.82, 2.24) is 9.97 Å². The fraction of sp³-hybridized carbons (Fsp3) is 0.536. The number of carbonyl (C=O) groups is 2. The molecule has 426 valence electrons. The molecule has 14 nitrogen and oxygen atoms in total. The van der Waals surface area contributed by atoms with Crippen molar-refractivity contribution in [2.24, 2.45) is 11.8 Å². The average molecular weight is 1140 g/mol. The predicted octanol–water partition coefficient (Wildman–Crippen LogP) is 12.0. The van der Waals surface area contributed by atoms with Gasteiger partial charge in [0.05, 0.1) is 36.6 Å². The minimum atomic E-state index is -5.33. The SMILES string of the molecule is C=C1C[C@H](C[C@@H]2C[C@@H](O[Si](c3ccccc3)(c3ccccc3)C(C)(C)C)C[C@H](c3coc(/C=C/C[C@H]4O[C@@H](/C(C)=C/c5coc(C)n5)[C@H](C)[C@@H](OC(=O)CP(=O)(OCC(F)(F)F)OCC(F)(F)F)[C@H]4C)n3)O2)O[C@@H](CC=O)C1. The predicted molar refractivity (Wildman–Crippen MR) is 280 cm³/mol. The largest absolute Gasteiger partial charge is 0.461 e. The smallest absolute Gasteiger partial charge is 0.412 e. The lowest BCUT2D eigenvalue weighted by molar-refractivity contribution is -0.183. The van der Waals surface area contributed by atoms with E-state index in [-0.39, 0.29) is 48.2 Å². The Labute approximate surface area is 451 Å². The van der Waals surface area contributed by atoms with Gasteiger partial charge in [-0.15, -0.1) is 0 Å². The topological polar surface area (TPSA) is 168 Å². The molecule has 0 aliphatic carbocycles. The van der Waals surface area contributed by atoms with Crippen LogP contribution in [0.1, 0.15) is 116 Å². The molecule has 0 amide bonds. The second-order valence-electron chi connectivity index (χ2n) is 21.5. The molecular weight excluding hydrogens is 1070 g/mol. The van der Waals surface area contributed by atoms with Crippen LogP contribution in [0.5, 0.6) is 0 Å². The molecule has 0 unspecified atom stereocenters. The number of benzene rings is 2. The van der Waals surface area contributed by atoms with Crippen LogP contribution >= 0.6 is 7.60 Å². The Morgan fingerprint density at radius 2 is 1.45 bits per heavy atom. The Morgan fingerprint density at radius 3 is 2.03 bits per heavy atom. The van der Waals surface area contributed by atoms with Gasteiger partial charge in [-0.1, -0.05) is 114 Å². The number of aromatic nitrogens is 2. The van der Waals surface area contributed by atoms with Gasteiger partial charge in [0.1, 0.15) is 48.6 Å². The first kappa shape index (κ1) is 60.6. The second kappa shape index (κ2) is 25.6. The highest BCUT2D eigenvalue weighted by Gasteiger charge is 2.53. The van der Waals surface area contributed by atoms with Gasteiger partial charge in [0.25, 0.3) is 8.32 Å². The Kier molecular flexibility index (Phi) is 19.9.